The molecule has 170 valence electrons. The second-order valence-corrected chi connectivity index (χ2v) is 8.65. The van der Waals surface area contributed by atoms with Crippen molar-refractivity contribution in [1.29, 1.82) is 0 Å². The van der Waals surface area contributed by atoms with Crippen molar-refractivity contribution in [2.24, 2.45) is 0 Å². The highest BCUT2D eigenvalue weighted by Gasteiger charge is 2.23. The molecule has 3 rings (SSSR count). The number of aromatic amines is 1. The van der Waals surface area contributed by atoms with E-state index in [1.165, 1.54) is 30.8 Å². The summed E-state index contributed by atoms with van der Waals surface area (Å²) in [5.41, 5.74) is 2.49. The van der Waals surface area contributed by atoms with Crippen LogP contribution in [-0.2, 0) is 4.74 Å². The van der Waals surface area contributed by atoms with E-state index in [9.17, 15) is 24.5 Å². The molecule has 8 nitrogen and oxygen atoms in total. The van der Waals surface area contributed by atoms with Crippen LogP contribution in [0.2, 0.25) is 0 Å². The molecule has 3 aromatic rings. The van der Waals surface area contributed by atoms with Crippen molar-refractivity contribution in [2.45, 2.75) is 37.5 Å². The fourth-order valence-electron chi connectivity index (χ4n) is 3.45. The van der Waals surface area contributed by atoms with E-state index in [0.29, 0.717) is 21.7 Å². The molecule has 0 spiro atoms. The maximum atomic E-state index is 12.5. The van der Waals surface area contributed by atoms with Crippen molar-refractivity contribution in [3.8, 4) is 0 Å². The summed E-state index contributed by atoms with van der Waals surface area (Å²) in [5, 5.41) is 11.6. The molecule has 9 heteroatoms. The van der Waals surface area contributed by atoms with Gasteiger partial charge in [0.25, 0.3) is 5.69 Å². The quantitative estimate of drug-likeness (QED) is 0.209. The lowest BCUT2D eigenvalue weighted by Crippen LogP contribution is -2.15. The Morgan fingerprint density at radius 2 is 1.73 bits per heavy atom. The second kappa shape index (κ2) is 9.83. The number of ketones is 2. The van der Waals surface area contributed by atoms with Crippen LogP contribution in [-0.4, -0.2) is 34.0 Å². The maximum Gasteiger partial charge on any atom is 0.338 e. The number of carbonyl (C=O) groups excluding carboxylic acids is 3. The number of nitrogens with zero attached hydrogens (tertiary/aromatic N) is 1. The number of hydrogen-bond acceptors (Lipinski definition) is 7. The minimum absolute atomic E-state index is 0.0356. The first-order valence-corrected chi connectivity index (χ1v) is 10.8. The summed E-state index contributed by atoms with van der Waals surface area (Å²) in [5.74, 6) is -1.53. The number of benzene rings is 2. The molecule has 0 radical (unpaired) electrons. The van der Waals surface area contributed by atoms with E-state index in [0.717, 1.165) is 16.5 Å². The first-order chi connectivity index (χ1) is 15.6. The van der Waals surface area contributed by atoms with E-state index in [2.05, 4.69) is 4.98 Å². The molecule has 0 amide bonds. The van der Waals surface area contributed by atoms with Crippen molar-refractivity contribution in [3.05, 3.63) is 86.2 Å². The van der Waals surface area contributed by atoms with Crippen molar-refractivity contribution in [3.63, 3.8) is 0 Å². The maximum absolute atomic E-state index is 12.5. The molecule has 33 heavy (non-hydrogen) atoms. The molecule has 1 aromatic heterocycles. The Labute approximate surface area is 194 Å². The number of nitro benzene ring substituents is 1. The fourth-order valence-corrected chi connectivity index (χ4v) is 4.35. The molecule has 0 saturated carbocycles. The van der Waals surface area contributed by atoms with Gasteiger partial charge in [-0.2, -0.15) is 0 Å². The Bertz CT molecular complexity index is 1260. The molecule has 0 aliphatic heterocycles. The van der Waals surface area contributed by atoms with Crippen LogP contribution in [0.1, 0.15) is 54.9 Å². The van der Waals surface area contributed by atoms with Crippen LogP contribution < -0.4 is 0 Å². The second-order valence-electron chi connectivity index (χ2n) is 7.54. The molecule has 0 unspecified atom stereocenters. The molecule has 0 aliphatic carbocycles. The highest BCUT2D eigenvalue weighted by molar-refractivity contribution is 7.99. The van der Waals surface area contributed by atoms with Gasteiger partial charge in [-0.25, -0.2) is 4.79 Å². The Kier molecular flexibility index (Phi) is 7.13. The molecular weight excluding hydrogens is 444 g/mol. The van der Waals surface area contributed by atoms with Crippen LogP contribution >= 0.6 is 11.8 Å². The number of rotatable bonds is 8. The monoisotopic (exact) mass is 466 g/mol. The summed E-state index contributed by atoms with van der Waals surface area (Å²) in [6, 6.07) is 11.6. The van der Waals surface area contributed by atoms with Crippen LogP contribution in [0, 0.1) is 30.9 Å². The SMILES string of the molecule is CC(=O)c1c(C)[nH]c(C(=O)COC(=O)c2ccc(Sc3ccc(C)cc3)c([N+](=O)[O-])c2)c1C. The van der Waals surface area contributed by atoms with E-state index >= 15 is 0 Å². The van der Waals surface area contributed by atoms with Gasteiger partial charge in [0.05, 0.1) is 21.1 Å². The molecule has 0 saturated heterocycles. The average molecular weight is 467 g/mol. The van der Waals surface area contributed by atoms with Crippen molar-refractivity contribution >= 4 is 35.0 Å². The van der Waals surface area contributed by atoms with E-state index in [1.807, 2.05) is 31.2 Å². The molecule has 0 aliphatic rings. The summed E-state index contributed by atoms with van der Waals surface area (Å²) >= 11 is 1.22. The van der Waals surface area contributed by atoms with E-state index < -0.39 is 23.3 Å². The van der Waals surface area contributed by atoms with Gasteiger partial charge in [0.1, 0.15) is 0 Å². The Balaban J connectivity index is 1.75. The third-order valence-electron chi connectivity index (χ3n) is 5.04. The number of hydrogen-bond donors (Lipinski definition) is 1. The van der Waals surface area contributed by atoms with Gasteiger partial charge in [-0.05, 0) is 57.5 Å². The normalized spacial score (nSPS) is 10.7. The van der Waals surface area contributed by atoms with Crippen molar-refractivity contribution < 1.29 is 24.0 Å². The molecule has 0 bridgehead atoms. The third kappa shape index (κ3) is 5.38. The zero-order valence-corrected chi connectivity index (χ0v) is 19.4. The minimum atomic E-state index is -0.856. The molecule has 2 aromatic carbocycles. The molecule has 0 atom stereocenters. The van der Waals surface area contributed by atoms with Crippen molar-refractivity contribution in [1.82, 2.24) is 4.98 Å². The summed E-state index contributed by atoms with van der Waals surface area (Å²) in [4.78, 5) is 51.8. The first kappa shape index (κ1) is 23.9. The number of esters is 1. The third-order valence-corrected chi connectivity index (χ3v) is 6.12. The molecule has 1 heterocycles. The predicted molar refractivity (Wildman–Crippen MR) is 123 cm³/mol. The van der Waals surface area contributed by atoms with Gasteiger partial charge >= 0.3 is 5.97 Å². The van der Waals surface area contributed by atoms with Gasteiger partial charge in [0.15, 0.2) is 12.4 Å². The van der Waals surface area contributed by atoms with Gasteiger partial charge < -0.3 is 9.72 Å². The lowest BCUT2D eigenvalue weighted by molar-refractivity contribution is -0.387. The summed E-state index contributed by atoms with van der Waals surface area (Å²) in [6.45, 7) is 6.11. The zero-order valence-electron chi connectivity index (χ0n) is 18.6. The number of aryl methyl sites for hydroxylation is 2. The Hall–Kier alpha value is -3.72. The highest BCUT2D eigenvalue weighted by atomic mass is 32.2. The number of carbonyl (C=O) groups is 3. The molecular formula is C24H22N2O6S. The summed E-state index contributed by atoms with van der Waals surface area (Å²) in [6.07, 6.45) is 0. The molecule has 0 fully saturated rings. The van der Waals surface area contributed by atoms with Crippen molar-refractivity contribution in [2.75, 3.05) is 6.61 Å². The number of aromatic nitrogens is 1. The van der Waals surface area contributed by atoms with Gasteiger partial charge in [-0.3, -0.25) is 19.7 Å². The van der Waals surface area contributed by atoms with Crippen LogP contribution in [0.15, 0.2) is 52.3 Å². The first-order valence-electron chi connectivity index (χ1n) is 10.0. The highest BCUT2D eigenvalue weighted by Crippen LogP contribution is 2.35. The Morgan fingerprint density at radius 3 is 2.30 bits per heavy atom. The van der Waals surface area contributed by atoms with Crippen LogP contribution in [0.3, 0.4) is 0 Å². The minimum Gasteiger partial charge on any atom is -0.454 e. The number of nitro groups is 1. The van der Waals surface area contributed by atoms with E-state index in [1.54, 1.807) is 13.8 Å². The number of Topliss-reactive ketones (excluding diaryl/α,β-unsaturated/α-hetero) is 2. The number of ether oxygens (including phenoxy) is 1. The van der Waals surface area contributed by atoms with Gasteiger partial charge in [-0.1, -0.05) is 29.5 Å². The summed E-state index contributed by atoms with van der Waals surface area (Å²) < 4.78 is 5.09. The standard InChI is InChI=1S/C24H22N2O6S/c1-13-5-8-18(9-6-13)33-21-10-7-17(11-19(21)26(30)31)24(29)32-12-20(28)23-14(2)22(16(4)27)15(3)25-23/h5-11,25H,12H2,1-4H3. The largest absolute Gasteiger partial charge is 0.454 e. The lowest BCUT2D eigenvalue weighted by Gasteiger charge is -2.07. The Morgan fingerprint density at radius 1 is 1.06 bits per heavy atom. The van der Waals surface area contributed by atoms with Crippen LogP contribution in [0.4, 0.5) is 5.69 Å². The van der Waals surface area contributed by atoms with Crippen LogP contribution in [0.5, 0.6) is 0 Å². The van der Waals surface area contributed by atoms with Gasteiger partial charge in [-0.15, -0.1) is 0 Å². The predicted octanol–water partition coefficient (Wildman–Crippen LogP) is 5.24. The van der Waals surface area contributed by atoms with Gasteiger partial charge in [0, 0.05) is 22.2 Å². The zero-order chi connectivity index (χ0) is 24.3. The average Bonchev–Trinajstić information content (AvgIpc) is 3.07. The van der Waals surface area contributed by atoms with E-state index in [4.69, 9.17) is 4.74 Å². The number of nitrogens with one attached hydrogen (secondary N) is 1. The van der Waals surface area contributed by atoms with Crippen LogP contribution in [0.25, 0.3) is 0 Å². The number of H-pyrrole nitrogens is 1. The van der Waals surface area contributed by atoms with Gasteiger partial charge in [0.2, 0.25) is 5.78 Å². The lowest BCUT2D eigenvalue weighted by atomic mass is 10.1. The topological polar surface area (TPSA) is 119 Å². The summed E-state index contributed by atoms with van der Waals surface area (Å²) in [7, 11) is 0. The fraction of sp³-hybridized carbons (Fsp3) is 0.208. The molecule has 1 N–H and O–H groups in total. The smallest absolute Gasteiger partial charge is 0.338 e. The van der Waals surface area contributed by atoms with E-state index in [-0.39, 0.29) is 22.7 Å².